The number of nitrogens with zero attached hydrogens (tertiary/aromatic N) is 2. The molecule has 37 heavy (non-hydrogen) atoms. The summed E-state index contributed by atoms with van der Waals surface area (Å²) < 4.78 is 11.6. The number of para-hydroxylation sites is 2. The van der Waals surface area contributed by atoms with E-state index in [4.69, 9.17) is 9.47 Å². The Morgan fingerprint density at radius 1 is 1.05 bits per heavy atom. The van der Waals surface area contributed by atoms with Crippen molar-refractivity contribution in [1.29, 1.82) is 0 Å². The maximum Gasteiger partial charge on any atom is 0.297 e. The van der Waals surface area contributed by atoms with Crippen LogP contribution in [0.5, 0.6) is 0 Å². The van der Waals surface area contributed by atoms with Gasteiger partial charge in [0, 0.05) is 30.3 Å². The third-order valence-corrected chi connectivity index (χ3v) is 7.02. The van der Waals surface area contributed by atoms with Gasteiger partial charge in [-0.25, -0.2) is 0 Å². The molecule has 2 amide bonds. The van der Waals surface area contributed by atoms with Crippen molar-refractivity contribution in [3.05, 3.63) is 108 Å². The zero-order valence-corrected chi connectivity index (χ0v) is 21.3. The number of carbonyl (C=O) groups excluding carboxylic acids is 2. The number of benzene rings is 2. The molecular weight excluding hydrogens is 464 g/mol. The highest BCUT2D eigenvalue weighted by atomic mass is 16.5. The van der Waals surface area contributed by atoms with Gasteiger partial charge in [0.1, 0.15) is 18.3 Å². The van der Waals surface area contributed by atoms with Crippen LogP contribution < -0.4 is 9.80 Å². The lowest BCUT2D eigenvalue weighted by molar-refractivity contribution is -0.119. The minimum absolute atomic E-state index is 0.0475. The summed E-state index contributed by atoms with van der Waals surface area (Å²) in [7, 11) is 0. The SMILES string of the molecule is CCC(=O)N(c1ccccc1)C1CC(C)N(C(=O)C2=COC=C(CC3=CC=CCC3)O2)c2ccccc21. The van der Waals surface area contributed by atoms with Gasteiger partial charge in [0.15, 0.2) is 0 Å². The Bertz CT molecular complexity index is 1290. The van der Waals surface area contributed by atoms with E-state index in [2.05, 4.69) is 18.2 Å². The van der Waals surface area contributed by atoms with E-state index >= 15 is 0 Å². The molecule has 0 N–H and O–H groups in total. The number of allylic oxidation sites excluding steroid dienone is 4. The molecule has 2 aliphatic heterocycles. The molecule has 0 bridgehead atoms. The van der Waals surface area contributed by atoms with Gasteiger partial charge in [0.25, 0.3) is 5.91 Å². The molecule has 2 aromatic carbocycles. The van der Waals surface area contributed by atoms with Gasteiger partial charge in [-0.1, -0.05) is 67.1 Å². The van der Waals surface area contributed by atoms with Crippen molar-refractivity contribution < 1.29 is 19.1 Å². The average Bonchev–Trinajstić information content (AvgIpc) is 2.94. The van der Waals surface area contributed by atoms with Gasteiger partial charge in [0.05, 0.1) is 6.04 Å². The molecule has 6 nitrogen and oxygen atoms in total. The van der Waals surface area contributed by atoms with Crippen LogP contribution >= 0.6 is 0 Å². The predicted octanol–water partition coefficient (Wildman–Crippen LogP) is 6.69. The molecule has 0 saturated carbocycles. The number of carbonyl (C=O) groups is 2. The molecular formula is C31H32N2O4. The summed E-state index contributed by atoms with van der Waals surface area (Å²) >= 11 is 0. The standard InChI is InChI=1S/C31H32N2O4/c1-3-30(34)33(24-14-8-5-9-15-24)28-18-22(2)32(27-17-11-10-16-26(27)28)31(35)29-21-36-20-25(37-29)19-23-12-6-4-7-13-23/h4-6,8-12,14-17,20-22,28H,3,7,13,18-19H2,1-2H3. The third kappa shape index (κ3) is 5.10. The van der Waals surface area contributed by atoms with Gasteiger partial charge >= 0.3 is 0 Å². The highest BCUT2D eigenvalue weighted by Crippen LogP contribution is 2.43. The Balaban J connectivity index is 1.42. The lowest BCUT2D eigenvalue weighted by Gasteiger charge is -2.43. The monoisotopic (exact) mass is 496 g/mol. The van der Waals surface area contributed by atoms with Gasteiger partial charge in [-0.15, -0.1) is 0 Å². The molecule has 0 aromatic heterocycles. The highest BCUT2D eigenvalue weighted by molar-refractivity contribution is 6.06. The quantitative estimate of drug-likeness (QED) is 0.447. The second kappa shape index (κ2) is 10.9. The zero-order valence-electron chi connectivity index (χ0n) is 21.3. The number of ether oxygens (including phenoxy) is 2. The summed E-state index contributed by atoms with van der Waals surface area (Å²) in [5.74, 6) is 0.571. The van der Waals surface area contributed by atoms with Gasteiger partial charge in [-0.05, 0) is 49.9 Å². The van der Waals surface area contributed by atoms with E-state index in [0.717, 1.165) is 29.8 Å². The van der Waals surface area contributed by atoms with Gasteiger partial charge in [0.2, 0.25) is 11.7 Å². The predicted molar refractivity (Wildman–Crippen MR) is 144 cm³/mol. The third-order valence-electron chi connectivity index (χ3n) is 7.02. The fourth-order valence-corrected chi connectivity index (χ4v) is 5.27. The minimum Gasteiger partial charge on any atom is -0.465 e. The average molecular weight is 497 g/mol. The normalized spacial score (nSPS) is 20.5. The number of fused-ring (bicyclic) bond motifs is 1. The van der Waals surface area contributed by atoms with Gasteiger partial charge in [-0.3, -0.25) is 9.59 Å². The Kier molecular flexibility index (Phi) is 7.26. The largest absolute Gasteiger partial charge is 0.465 e. The van der Waals surface area contributed by atoms with E-state index < -0.39 is 0 Å². The van der Waals surface area contributed by atoms with Crippen LogP contribution in [0.4, 0.5) is 11.4 Å². The first-order valence-corrected chi connectivity index (χ1v) is 12.9. The van der Waals surface area contributed by atoms with Crippen LogP contribution in [0, 0.1) is 0 Å². The van der Waals surface area contributed by atoms with E-state index in [1.807, 2.05) is 73.3 Å². The maximum atomic E-state index is 13.8. The fourth-order valence-electron chi connectivity index (χ4n) is 5.27. The van der Waals surface area contributed by atoms with Crippen molar-refractivity contribution in [1.82, 2.24) is 0 Å². The molecule has 1 aliphatic carbocycles. The molecule has 0 saturated heterocycles. The van der Waals surface area contributed by atoms with Crippen molar-refractivity contribution in [2.45, 2.75) is 58.0 Å². The summed E-state index contributed by atoms with van der Waals surface area (Å²) in [6, 6.07) is 17.2. The molecule has 2 aromatic rings. The van der Waals surface area contributed by atoms with E-state index in [1.165, 1.54) is 11.8 Å². The lowest BCUT2D eigenvalue weighted by atomic mass is 9.89. The number of hydrogen-bond acceptors (Lipinski definition) is 4. The van der Waals surface area contributed by atoms with E-state index in [9.17, 15) is 9.59 Å². The molecule has 0 fully saturated rings. The molecule has 2 heterocycles. The zero-order chi connectivity index (χ0) is 25.8. The molecule has 190 valence electrons. The summed E-state index contributed by atoms with van der Waals surface area (Å²) in [6.07, 6.45) is 12.8. The van der Waals surface area contributed by atoms with Crippen molar-refractivity contribution in [2.75, 3.05) is 9.80 Å². The van der Waals surface area contributed by atoms with E-state index in [1.54, 1.807) is 11.2 Å². The Labute approximate surface area is 218 Å². The van der Waals surface area contributed by atoms with Gasteiger partial charge in [-0.2, -0.15) is 0 Å². The summed E-state index contributed by atoms with van der Waals surface area (Å²) in [5, 5.41) is 0. The van der Waals surface area contributed by atoms with Crippen LogP contribution in [0.1, 0.15) is 57.6 Å². The first-order chi connectivity index (χ1) is 18.1. The smallest absolute Gasteiger partial charge is 0.297 e. The van der Waals surface area contributed by atoms with Crippen molar-refractivity contribution >= 4 is 23.2 Å². The number of anilines is 2. The number of amides is 2. The number of rotatable bonds is 6. The lowest BCUT2D eigenvalue weighted by Crippen LogP contribution is -2.48. The molecule has 0 spiro atoms. The summed E-state index contributed by atoms with van der Waals surface area (Å²) in [4.78, 5) is 30.6. The Hall–Kier alpha value is -4.06. The van der Waals surface area contributed by atoms with Gasteiger partial charge < -0.3 is 19.3 Å². The van der Waals surface area contributed by atoms with Crippen LogP contribution in [0.15, 0.2) is 102 Å². The van der Waals surface area contributed by atoms with Crippen molar-refractivity contribution in [2.24, 2.45) is 0 Å². The van der Waals surface area contributed by atoms with E-state index in [-0.39, 0.29) is 29.7 Å². The molecule has 2 unspecified atom stereocenters. The Morgan fingerprint density at radius 3 is 2.59 bits per heavy atom. The van der Waals surface area contributed by atoms with Crippen molar-refractivity contribution in [3.63, 3.8) is 0 Å². The van der Waals surface area contributed by atoms with E-state index in [0.29, 0.717) is 25.0 Å². The van der Waals surface area contributed by atoms with Crippen molar-refractivity contribution in [3.8, 4) is 0 Å². The van der Waals surface area contributed by atoms with Crippen LogP contribution in [0.25, 0.3) is 0 Å². The molecule has 2 atom stereocenters. The number of hydrogen-bond donors (Lipinski definition) is 0. The highest BCUT2D eigenvalue weighted by Gasteiger charge is 2.40. The van der Waals surface area contributed by atoms with Crippen LogP contribution in [-0.2, 0) is 19.1 Å². The fraction of sp³-hybridized carbons (Fsp3) is 0.290. The van der Waals surface area contributed by atoms with Crippen LogP contribution in [0.2, 0.25) is 0 Å². The van der Waals surface area contributed by atoms with Crippen LogP contribution in [-0.4, -0.2) is 17.9 Å². The summed E-state index contributed by atoms with van der Waals surface area (Å²) in [5.41, 5.74) is 3.82. The minimum atomic E-state index is -0.255. The molecule has 6 heteroatoms. The summed E-state index contributed by atoms with van der Waals surface area (Å²) in [6.45, 7) is 3.89. The molecule has 5 rings (SSSR count). The maximum absolute atomic E-state index is 13.8. The first-order valence-electron chi connectivity index (χ1n) is 12.9. The molecule has 0 radical (unpaired) electrons. The topological polar surface area (TPSA) is 59.1 Å². The molecule has 3 aliphatic rings. The first kappa shape index (κ1) is 24.6. The Morgan fingerprint density at radius 2 is 1.84 bits per heavy atom. The second-order valence-corrected chi connectivity index (χ2v) is 9.56. The van der Waals surface area contributed by atoms with Crippen LogP contribution in [0.3, 0.4) is 0 Å². The second-order valence-electron chi connectivity index (χ2n) is 9.56.